The molecule has 0 spiro atoms. The molecule has 2 aromatic carbocycles. The van der Waals surface area contributed by atoms with E-state index in [1.165, 1.54) is 24.6 Å². The number of aromatic nitrogens is 1. The van der Waals surface area contributed by atoms with E-state index in [0.29, 0.717) is 23.8 Å². The number of hydrogen-bond donors (Lipinski definition) is 3. The smallest absolute Gasteiger partial charge is 0.217 e. The summed E-state index contributed by atoms with van der Waals surface area (Å²) in [7, 11) is 1.60. The van der Waals surface area contributed by atoms with Gasteiger partial charge in [-0.25, -0.2) is 8.78 Å². The van der Waals surface area contributed by atoms with Crippen LogP contribution in [0, 0.1) is 17.6 Å². The monoisotopic (exact) mass is 511 g/mol. The van der Waals surface area contributed by atoms with Crippen LogP contribution in [0.25, 0.3) is 11.1 Å². The van der Waals surface area contributed by atoms with Gasteiger partial charge in [0.05, 0.1) is 25.5 Å². The molecule has 0 aliphatic carbocycles. The van der Waals surface area contributed by atoms with Gasteiger partial charge < -0.3 is 20.5 Å². The number of aliphatic hydroxyl groups is 1. The lowest BCUT2D eigenvalue weighted by Gasteiger charge is -2.24. The van der Waals surface area contributed by atoms with Crippen molar-refractivity contribution in [3.05, 3.63) is 83.2 Å². The van der Waals surface area contributed by atoms with E-state index in [9.17, 15) is 18.7 Å². The van der Waals surface area contributed by atoms with Crippen LogP contribution in [0.1, 0.15) is 37.5 Å². The summed E-state index contributed by atoms with van der Waals surface area (Å²) in [4.78, 5) is 16.0. The average molecular weight is 512 g/mol. The molecule has 3 N–H and O–H groups in total. The predicted molar refractivity (Wildman–Crippen MR) is 140 cm³/mol. The Morgan fingerprint density at radius 2 is 1.76 bits per heavy atom. The molecule has 0 aliphatic heterocycles. The lowest BCUT2D eigenvalue weighted by Crippen LogP contribution is -2.48. The lowest BCUT2D eigenvalue weighted by molar-refractivity contribution is -0.120. The number of ether oxygens (including phenoxy) is 1. The van der Waals surface area contributed by atoms with Gasteiger partial charge in [0.25, 0.3) is 0 Å². The first-order valence-electron chi connectivity index (χ1n) is 12.4. The van der Waals surface area contributed by atoms with Gasteiger partial charge in [-0.1, -0.05) is 32.0 Å². The Bertz CT molecular complexity index is 1180. The number of aliphatic hydroxyl groups excluding tert-OH is 1. The summed E-state index contributed by atoms with van der Waals surface area (Å²) in [5.74, 6) is -0.590. The van der Waals surface area contributed by atoms with E-state index < -0.39 is 23.8 Å². The van der Waals surface area contributed by atoms with Crippen molar-refractivity contribution in [1.82, 2.24) is 15.6 Å². The topological polar surface area (TPSA) is 83.5 Å². The van der Waals surface area contributed by atoms with Gasteiger partial charge in [0.15, 0.2) is 0 Å². The second-order valence-corrected chi connectivity index (χ2v) is 9.69. The summed E-state index contributed by atoms with van der Waals surface area (Å²) >= 11 is 0. The minimum Gasteiger partial charge on any atom is -0.495 e. The number of amides is 1. The highest BCUT2D eigenvalue weighted by atomic mass is 19.1. The van der Waals surface area contributed by atoms with Gasteiger partial charge in [-0.3, -0.25) is 9.78 Å². The third-order valence-corrected chi connectivity index (χ3v) is 5.97. The van der Waals surface area contributed by atoms with Crippen molar-refractivity contribution in [2.45, 2.75) is 52.3 Å². The van der Waals surface area contributed by atoms with Crippen LogP contribution in [-0.4, -0.2) is 41.8 Å². The first kappa shape index (κ1) is 28.2. The summed E-state index contributed by atoms with van der Waals surface area (Å²) < 4.78 is 32.6. The van der Waals surface area contributed by atoms with Gasteiger partial charge >= 0.3 is 0 Å². The number of carbonyl (C=O) groups excluding carboxylic acids is 1. The summed E-state index contributed by atoms with van der Waals surface area (Å²) in [5, 5.41) is 16.9. The maximum atomic E-state index is 13.7. The number of methoxy groups -OCH3 is 1. The molecule has 37 heavy (non-hydrogen) atoms. The molecule has 0 saturated heterocycles. The summed E-state index contributed by atoms with van der Waals surface area (Å²) in [6.45, 7) is 6.29. The second-order valence-electron chi connectivity index (χ2n) is 9.69. The summed E-state index contributed by atoms with van der Waals surface area (Å²) in [6.07, 6.45) is 3.46. The molecule has 0 aliphatic rings. The number of carbonyl (C=O) groups is 1. The predicted octanol–water partition coefficient (Wildman–Crippen LogP) is 4.43. The number of hydrogen-bond acceptors (Lipinski definition) is 5. The van der Waals surface area contributed by atoms with Crippen molar-refractivity contribution in [3.63, 3.8) is 0 Å². The number of pyridine rings is 1. The molecular weight excluding hydrogens is 476 g/mol. The van der Waals surface area contributed by atoms with Gasteiger partial charge in [0.1, 0.15) is 17.4 Å². The zero-order chi connectivity index (χ0) is 26.9. The van der Waals surface area contributed by atoms with E-state index >= 15 is 0 Å². The van der Waals surface area contributed by atoms with Gasteiger partial charge in [-0.05, 0) is 59.2 Å². The molecule has 3 rings (SSSR count). The van der Waals surface area contributed by atoms with Crippen LogP contribution in [0.5, 0.6) is 5.75 Å². The fourth-order valence-corrected chi connectivity index (χ4v) is 4.38. The summed E-state index contributed by atoms with van der Waals surface area (Å²) in [6, 6.07) is 10.7. The molecule has 3 aromatic rings. The highest BCUT2D eigenvalue weighted by molar-refractivity contribution is 5.73. The number of nitrogens with zero attached hydrogens (tertiary/aromatic N) is 1. The third-order valence-electron chi connectivity index (χ3n) is 5.97. The highest BCUT2D eigenvalue weighted by Crippen LogP contribution is 2.28. The Hall–Kier alpha value is -3.36. The summed E-state index contributed by atoms with van der Waals surface area (Å²) in [5.41, 5.74) is 4.50. The second kappa shape index (κ2) is 13.3. The highest BCUT2D eigenvalue weighted by Gasteiger charge is 2.21. The molecule has 0 saturated carbocycles. The van der Waals surface area contributed by atoms with Crippen LogP contribution in [0.3, 0.4) is 0 Å². The van der Waals surface area contributed by atoms with Gasteiger partial charge in [-0.2, -0.15) is 0 Å². The standard InChI is InChI=1S/C29H35F2N3O3/c1-18(2)7-20-5-6-27(23-12-26(37-4)16-32-15-23)22(8-20)14-33-17-29(36)28(34-19(3)35)11-21-9-24(30)13-25(31)10-21/h5-6,8-10,12-13,15-16,18,28-29,33,36H,7,11,14,17H2,1-4H3,(H,34,35)/t28-,29-/m0/s1. The lowest BCUT2D eigenvalue weighted by atomic mass is 9.94. The van der Waals surface area contributed by atoms with Crippen molar-refractivity contribution in [3.8, 4) is 16.9 Å². The van der Waals surface area contributed by atoms with Crippen LogP contribution in [0.15, 0.2) is 54.9 Å². The van der Waals surface area contributed by atoms with Crippen molar-refractivity contribution in [2.24, 2.45) is 5.92 Å². The van der Waals surface area contributed by atoms with Crippen LogP contribution in [0.2, 0.25) is 0 Å². The zero-order valence-electron chi connectivity index (χ0n) is 21.7. The number of rotatable bonds is 12. The van der Waals surface area contributed by atoms with Crippen LogP contribution >= 0.6 is 0 Å². The van der Waals surface area contributed by atoms with Gasteiger partial charge in [-0.15, -0.1) is 0 Å². The molecule has 6 nitrogen and oxygen atoms in total. The number of halogens is 2. The van der Waals surface area contributed by atoms with Crippen molar-refractivity contribution in [2.75, 3.05) is 13.7 Å². The van der Waals surface area contributed by atoms with E-state index in [0.717, 1.165) is 29.2 Å². The van der Waals surface area contributed by atoms with Crippen molar-refractivity contribution >= 4 is 5.91 Å². The molecule has 1 heterocycles. The van der Waals surface area contributed by atoms with Crippen LogP contribution in [-0.2, 0) is 24.2 Å². The molecule has 0 fully saturated rings. The average Bonchev–Trinajstić information content (AvgIpc) is 2.82. The minimum absolute atomic E-state index is 0.0850. The van der Waals surface area contributed by atoms with E-state index in [2.05, 4.69) is 47.7 Å². The van der Waals surface area contributed by atoms with E-state index in [1.807, 2.05) is 6.07 Å². The number of nitrogens with one attached hydrogen (secondary N) is 2. The Labute approximate surface area is 217 Å². The van der Waals surface area contributed by atoms with Crippen molar-refractivity contribution in [1.29, 1.82) is 0 Å². The molecule has 8 heteroatoms. The maximum absolute atomic E-state index is 13.7. The molecule has 1 aromatic heterocycles. The molecular formula is C29H35F2N3O3. The fourth-order valence-electron chi connectivity index (χ4n) is 4.38. The zero-order valence-corrected chi connectivity index (χ0v) is 21.7. The Morgan fingerprint density at radius 1 is 1.03 bits per heavy atom. The first-order chi connectivity index (χ1) is 17.6. The van der Waals surface area contributed by atoms with E-state index in [4.69, 9.17) is 4.74 Å². The van der Waals surface area contributed by atoms with E-state index in [1.54, 1.807) is 19.5 Å². The molecule has 1 amide bonds. The fraction of sp³-hybridized carbons (Fsp3) is 0.379. The SMILES string of the molecule is COc1cncc(-c2ccc(CC(C)C)cc2CNC[C@H](O)[C@H](Cc2cc(F)cc(F)c2)NC(C)=O)c1. The van der Waals surface area contributed by atoms with Crippen LogP contribution < -0.4 is 15.4 Å². The molecule has 0 unspecified atom stereocenters. The van der Waals surface area contributed by atoms with Gasteiger partial charge in [0.2, 0.25) is 5.91 Å². The Kier molecular flexibility index (Phi) is 10.1. The minimum atomic E-state index is -0.990. The van der Waals surface area contributed by atoms with Crippen LogP contribution in [0.4, 0.5) is 8.78 Å². The first-order valence-corrected chi connectivity index (χ1v) is 12.4. The Balaban J connectivity index is 1.76. The normalized spacial score (nSPS) is 12.9. The molecule has 0 bridgehead atoms. The van der Waals surface area contributed by atoms with E-state index in [-0.39, 0.29) is 18.9 Å². The molecule has 198 valence electrons. The quantitative estimate of drug-likeness (QED) is 0.335. The number of benzene rings is 2. The van der Waals surface area contributed by atoms with Gasteiger partial charge in [0, 0.05) is 37.8 Å². The largest absolute Gasteiger partial charge is 0.495 e. The third kappa shape index (κ3) is 8.61. The molecule has 0 radical (unpaired) electrons. The Morgan fingerprint density at radius 3 is 2.41 bits per heavy atom. The molecule has 2 atom stereocenters. The maximum Gasteiger partial charge on any atom is 0.217 e. The van der Waals surface area contributed by atoms with Crippen molar-refractivity contribution < 1.29 is 23.4 Å².